The number of methoxy groups -OCH3 is 1. The minimum Gasteiger partial charge on any atom is -0.465 e. The molecule has 4 heterocycles. The molecule has 0 aliphatic carbocycles. The molecule has 158 valence electrons. The molecule has 0 saturated carbocycles. The molecule has 2 aliphatic rings. The van der Waals surface area contributed by atoms with E-state index in [1.54, 1.807) is 0 Å². The highest BCUT2D eigenvalue weighted by Crippen LogP contribution is 2.35. The molecule has 0 bridgehead atoms. The van der Waals surface area contributed by atoms with E-state index in [0.29, 0.717) is 10.9 Å². The molecule has 0 atom stereocenters. The summed E-state index contributed by atoms with van der Waals surface area (Å²) < 4.78 is 4.94. The number of carbonyl (C=O) groups excluding carboxylic acids is 1. The average Bonchev–Trinajstić information content (AvgIpc) is 3.05. The predicted molar refractivity (Wildman–Crippen MR) is 117 cm³/mol. The van der Waals surface area contributed by atoms with Gasteiger partial charge in [-0.05, 0) is 65.2 Å². The number of nitrogens with zero attached hydrogens (tertiary/aromatic N) is 4. The zero-order valence-electron chi connectivity index (χ0n) is 17.8. The number of thiophene rings is 1. The van der Waals surface area contributed by atoms with E-state index in [1.807, 2.05) is 13.8 Å². The van der Waals surface area contributed by atoms with Gasteiger partial charge in [0.15, 0.2) is 0 Å². The Balaban J connectivity index is 1.47. The number of fused-ring (bicyclic) bond motifs is 1. The lowest BCUT2D eigenvalue weighted by atomic mass is 9.98. The summed E-state index contributed by atoms with van der Waals surface area (Å²) in [5.74, 6) is 1.27. The zero-order chi connectivity index (χ0) is 20.5. The van der Waals surface area contributed by atoms with Gasteiger partial charge >= 0.3 is 5.97 Å². The molecule has 1 N–H and O–H groups in total. The third kappa shape index (κ3) is 4.25. The molecule has 2 saturated heterocycles. The van der Waals surface area contributed by atoms with Crippen LogP contribution < -0.4 is 5.32 Å². The molecule has 0 amide bonds. The van der Waals surface area contributed by atoms with Gasteiger partial charge in [0.2, 0.25) is 0 Å². The summed E-state index contributed by atoms with van der Waals surface area (Å²) in [6.45, 7) is 8.55. The maximum atomic E-state index is 12.1. The molecule has 2 aromatic rings. The number of esters is 1. The van der Waals surface area contributed by atoms with E-state index >= 15 is 0 Å². The number of piperidine rings is 2. The van der Waals surface area contributed by atoms with Gasteiger partial charge in [0.05, 0.1) is 12.5 Å². The van der Waals surface area contributed by atoms with E-state index in [2.05, 4.69) is 32.1 Å². The number of hydrogen-bond acceptors (Lipinski definition) is 8. The average molecular weight is 418 g/mol. The highest BCUT2D eigenvalue weighted by atomic mass is 32.1. The fraction of sp³-hybridized carbons (Fsp3) is 0.667. The minimum atomic E-state index is -0.305. The molecule has 4 rings (SSSR count). The molecule has 0 spiro atoms. The maximum absolute atomic E-state index is 12.1. The van der Waals surface area contributed by atoms with Crippen molar-refractivity contribution in [3.05, 3.63) is 16.3 Å². The highest BCUT2D eigenvalue weighted by Gasteiger charge is 2.28. The van der Waals surface area contributed by atoms with Gasteiger partial charge in [0.25, 0.3) is 0 Å². The van der Waals surface area contributed by atoms with E-state index in [1.165, 1.54) is 44.4 Å². The van der Waals surface area contributed by atoms with Crippen LogP contribution in [0.25, 0.3) is 10.2 Å². The van der Waals surface area contributed by atoms with Crippen molar-refractivity contribution in [3.63, 3.8) is 0 Å². The lowest BCUT2D eigenvalue weighted by molar-refractivity contribution is 0.0605. The number of aromatic nitrogens is 2. The first-order valence-corrected chi connectivity index (χ1v) is 11.3. The van der Waals surface area contributed by atoms with Gasteiger partial charge in [0.1, 0.15) is 21.3 Å². The molecule has 2 aliphatic heterocycles. The summed E-state index contributed by atoms with van der Waals surface area (Å²) in [6.07, 6.45) is 4.79. The second kappa shape index (κ2) is 8.53. The summed E-state index contributed by atoms with van der Waals surface area (Å²) in [5.41, 5.74) is 0.906. The third-order valence-corrected chi connectivity index (χ3v) is 7.51. The number of anilines is 1. The largest absolute Gasteiger partial charge is 0.465 e. The smallest absolute Gasteiger partial charge is 0.348 e. The Morgan fingerprint density at radius 1 is 1.10 bits per heavy atom. The highest BCUT2D eigenvalue weighted by molar-refractivity contribution is 7.20. The Morgan fingerprint density at radius 3 is 2.45 bits per heavy atom. The molecule has 0 aromatic carbocycles. The van der Waals surface area contributed by atoms with Crippen LogP contribution in [0.2, 0.25) is 0 Å². The van der Waals surface area contributed by atoms with Gasteiger partial charge in [-0.15, -0.1) is 11.3 Å². The van der Waals surface area contributed by atoms with Crippen molar-refractivity contribution >= 4 is 33.3 Å². The van der Waals surface area contributed by atoms with Gasteiger partial charge in [-0.25, -0.2) is 14.8 Å². The van der Waals surface area contributed by atoms with E-state index in [0.717, 1.165) is 59.4 Å². The van der Waals surface area contributed by atoms with Crippen LogP contribution in [0.5, 0.6) is 0 Å². The third-order valence-electron chi connectivity index (χ3n) is 6.35. The first-order valence-electron chi connectivity index (χ1n) is 10.5. The minimum absolute atomic E-state index is 0.305. The van der Waals surface area contributed by atoms with E-state index in [-0.39, 0.29) is 5.97 Å². The van der Waals surface area contributed by atoms with Gasteiger partial charge in [-0.2, -0.15) is 0 Å². The van der Waals surface area contributed by atoms with Gasteiger partial charge < -0.3 is 19.9 Å². The van der Waals surface area contributed by atoms with Crippen molar-refractivity contribution in [2.75, 3.05) is 45.7 Å². The monoisotopic (exact) mass is 417 g/mol. The topological polar surface area (TPSA) is 70.6 Å². The number of aryl methyl sites for hydroxylation is 2. The van der Waals surface area contributed by atoms with Crippen molar-refractivity contribution in [2.24, 2.45) is 0 Å². The summed E-state index contributed by atoms with van der Waals surface area (Å²) in [5, 5.41) is 4.63. The Hall–Kier alpha value is -1.77. The molecule has 0 unspecified atom stereocenters. The fourth-order valence-corrected chi connectivity index (χ4v) is 5.74. The molecule has 2 aromatic heterocycles. The van der Waals surface area contributed by atoms with Crippen molar-refractivity contribution in [2.45, 2.75) is 51.6 Å². The van der Waals surface area contributed by atoms with E-state index < -0.39 is 0 Å². The molecule has 0 radical (unpaired) electrons. The first-order chi connectivity index (χ1) is 14.0. The summed E-state index contributed by atoms with van der Waals surface area (Å²) in [4.78, 5) is 27.9. The summed E-state index contributed by atoms with van der Waals surface area (Å²) in [6, 6.07) is 1.14. The van der Waals surface area contributed by atoms with Gasteiger partial charge in [-0.3, -0.25) is 0 Å². The number of likely N-dealkylation sites (tertiary alicyclic amines) is 2. The SMILES string of the molecule is COC(=O)c1sc2nc(C)nc(NC3CCN(C4CCN(C)CC4)CC3)c2c1C. The van der Waals surface area contributed by atoms with E-state index in [4.69, 9.17) is 4.74 Å². The van der Waals surface area contributed by atoms with Gasteiger partial charge in [0, 0.05) is 25.2 Å². The fourth-order valence-electron chi connectivity index (χ4n) is 4.60. The Labute approximate surface area is 176 Å². The summed E-state index contributed by atoms with van der Waals surface area (Å²) >= 11 is 1.39. The first kappa shape index (κ1) is 20.5. The standard InChI is InChI=1S/C21H31N5O2S/c1-13-17-19(22-14(2)23-20(17)29-18(13)21(27)28-4)24-15-5-11-26(12-6-15)16-7-9-25(3)10-8-16/h15-16H,5-12H2,1-4H3,(H,22,23,24). The molecule has 2 fully saturated rings. The van der Waals surface area contributed by atoms with Crippen LogP contribution in [0.15, 0.2) is 0 Å². The van der Waals surface area contributed by atoms with Crippen LogP contribution in [0.1, 0.15) is 46.7 Å². The normalized spacial score (nSPS) is 20.3. The van der Waals surface area contributed by atoms with Crippen molar-refractivity contribution in [3.8, 4) is 0 Å². The second-order valence-corrected chi connectivity index (χ2v) is 9.34. The van der Waals surface area contributed by atoms with E-state index in [9.17, 15) is 4.79 Å². The molecular formula is C21H31N5O2S. The van der Waals surface area contributed by atoms with Crippen molar-refractivity contribution < 1.29 is 9.53 Å². The van der Waals surface area contributed by atoms with Crippen LogP contribution in [-0.2, 0) is 4.74 Å². The van der Waals surface area contributed by atoms with Crippen LogP contribution in [-0.4, -0.2) is 78.2 Å². The van der Waals surface area contributed by atoms with Crippen LogP contribution >= 0.6 is 11.3 Å². The van der Waals surface area contributed by atoms with Crippen LogP contribution in [0.3, 0.4) is 0 Å². The molecule has 7 nitrogen and oxygen atoms in total. The zero-order valence-corrected chi connectivity index (χ0v) is 18.6. The number of hydrogen-bond donors (Lipinski definition) is 1. The number of nitrogens with one attached hydrogen (secondary N) is 1. The quantitative estimate of drug-likeness (QED) is 0.767. The lowest BCUT2D eigenvalue weighted by Crippen LogP contribution is -2.48. The van der Waals surface area contributed by atoms with Crippen LogP contribution in [0.4, 0.5) is 5.82 Å². The predicted octanol–water partition coefficient (Wildman–Crippen LogP) is 3.07. The Kier molecular flexibility index (Phi) is 6.03. The second-order valence-electron chi connectivity index (χ2n) is 8.34. The lowest BCUT2D eigenvalue weighted by Gasteiger charge is -2.41. The van der Waals surface area contributed by atoms with Crippen molar-refractivity contribution in [1.82, 2.24) is 19.8 Å². The number of ether oxygens (including phenoxy) is 1. The van der Waals surface area contributed by atoms with Gasteiger partial charge in [-0.1, -0.05) is 0 Å². The Bertz CT molecular complexity index is 883. The Morgan fingerprint density at radius 2 is 1.79 bits per heavy atom. The number of carbonyl (C=O) groups is 1. The van der Waals surface area contributed by atoms with Crippen LogP contribution in [0, 0.1) is 13.8 Å². The molecule has 8 heteroatoms. The summed E-state index contributed by atoms with van der Waals surface area (Å²) in [7, 11) is 3.63. The number of rotatable bonds is 4. The molecular weight excluding hydrogens is 386 g/mol. The molecule has 29 heavy (non-hydrogen) atoms. The maximum Gasteiger partial charge on any atom is 0.348 e. The van der Waals surface area contributed by atoms with Crippen molar-refractivity contribution in [1.29, 1.82) is 0 Å².